The second-order valence-corrected chi connectivity index (χ2v) is 3.02. The molecule has 0 radical (unpaired) electrons. The van der Waals surface area contributed by atoms with Crippen molar-refractivity contribution in [2.45, 2.75) is 6.10 Å². The van der Waals surface area contributed by atoms with Gasteiger partial charge in [0.15, 0.2) is 0 Å². The van der Waals surface area contributed by atoms with Gasteiger partial charge in [-0.05, 0) is 6.07 Å². The Balaban J connectivity index is 3.12. The molecule has 0 fully saturated rings. The second kappa shape index (κ2) is 4.46. The Morgan fingerprint density at radius 3 is 2.85 bits per heavy atom. The molecule has 1 rings (SSSR count). The molecule has 0 amide bonds. The van der Waals surface area contributed by atoms with Crippen LogP contribution in [0, 0.1) is 0 Å². The fourth-order valence-corrected chi connectivity index (χ4v) is 1.39. The predicted molar refractivity (Wildman–Crippen MR) is 52.0 cm³/mol. The molecular weight excluding hydrogens is 190 g/mol. The van der Waals surface area contributed by atoms with Gasteiger partial charge >= 0.3 is 0 Å². The molecule has 1 unspecified atom stereocenters. The molecule has 0 heterocycles. The summed E-state index contributed by atoms with van der Waals surface area (Å²) in [6.45, 7) is 0.150. The number of para-hydroxylation sites is 1. The lowest BCUT2D eigenvalue weighted by Gasteiger charge is -2.13. The molecule has 3 nitrogen and oxygen atoms in total. The molecule has 3 N–H and O–H groups in total. The van der Waals surface area contributed by atoms with Crippen molar-refractivity contribution in [3.63, 3.8) is 0 Å². The van der Waals surface area contributed by atoms with E-state index in [9.17, 15) is 5.11 Å². The van der Waals surface area contributed by atoms with Crippen molar-refractivity contribution >= 4 is 11.6 Å². The van der Waals surface area contributed by atoms with Crippen LogP contribution in [0.15, 0.2) is 18.2 Å². The van der Waals surface area contributed by atoms with Gasteiger partial charge in [0.25, 0.3) is 0 Å². The van der Waals surface area contributed by atoms with E-state index in [0.717, 1.165) is 0 Å². The zero-order valence-electron chi connectivity index (χ0n) is 7.33. The zero-order chi connectivity index (χ0) is 9.84. The summed E-state index contributed by atoms with van der Waals surface area (Å²) in [6, 6.07) is 5.19. The van der Waals surface area contributed by atoms with Crippen LogP contribution in [0.3, 0.4) is 0 Å². The van der Waals surface area contributed by atoms with Crippen LogP contribution in [-0.2, 0) is 0 Å². The van der Waals surface area contributed by atoms with Gasteiger partial charge in [0.2, 0.25) is 0 Å². The molecule has 0 saturated heterocycles. The topological polar surface area (TPSA) is 55.5 Å². The highest BCUT2D eigenvalue weighted by Gasteiger charge is 2.13. The summed E-state index contributed by atoms with van der Waals surface area (Å²) in [7, 11) is 1.51. The molecule has 1 atom stereocenters. The lowest BCUT2D eigenvalue weighted by atomic mass is 10.1. The number of hydrogen-bond donors (Lipinski definition) is 2. The molecule has 0 bridgehead atoms. The number of ether oxygens (including phenoxy) is 1. The van der Waals surface area contributed by atoms with Crippen molar-refractivity contribution in [2.24, 2.45) is 5.73 Å². The molecule has 13 heavy (non-hydrogen) atoms. The van der Waals surface area contributed by atoms with Crippen molar-refractivity contribution < 1.29 is 9.84 Å². The molecule has 0 aromatic heterocycles. The van der Waals surface area contributed by atoms with E-state index in [1.54, 1.807) is 18.2 Å². The van der Waals surface area contributed by atoms with E-state index >= 15 is 0 Å². The van der Waals surface area contributed by atoms with Crippen molar-refractivity contribution in [1.29, 1.82) is 0 Å². The lowest BCUT2D eigenvalue weighted by molar-refractivity contribution is 0.182. The average Bonchev–Trinajstić information content (AvgIpc) is 2.16. The summed E-state index contributed by atoms with van der Waals surface area (Å²) in [4.78, 5) is 0. The Labute approximate surface area is 82.1 Å². The number of benzene rings is 1. The molecule has 1 aromatic carbocycles. The van der Waals surface area contributed by atoms with E-state index in [1.165, 1.54) is 7.11 Å². The largest absolute Gasteiger partial charge is 0.495 e. The van der Waals surface area contributed by atoms with Crippen molar-refractivity contribution in [2.75, 3.05) is 13.7 Å². The molecule has 0 aliphatic heterocycles. The maximum Gasteiger partial charge on any atom is 0.143 e. The van der Waals surface area contributed by atoms with Crippen LogP contribution in [0.2, 0.25) is 5.02 Å². The molecule has 0 aliphatic carbocycles. The van der Waals surface area contributed by atoms with Crippen LogP contribution in [0.5, 0.6) is 5.75 Å². The van der Waals surface area contributed by atoms with E-state index in [4.69, 9.17) is 22.1 Å². The van der Waals surface area contributed by atoms with Gasteiger partial charge in [-0.1, -0.05) is 23.7 Å². The van der Waals surface area contributed by atoms with Gasteiger partial charge in [-0.3, -0.25) is 0 Å². The molecule has 0 spiro atoms. The van der Waals surface area contributed by atoms with Gasteiger partial charge in [0, 0.05) is 12.1 Å². The predicted octanol–water partition coefficient (Wildman–Crippen LogP) is 1.34. The van der Waals surface area contributed by atoms with Gasteiger partial charge in [0.05, 0.1) is 18.2 Å². The smallest absolute Gasteiger partial charge is 0.143 e. The van der Waals surface area contributed by atoms with Gasteiger partial charge in [-0.15, -0.1) is 0 Å². The summed E-state index contributed by atoms with van der Waals surface area (Å²) in [6.07, 6.45) is -0.728. The quantitative estimate of drug-likeness (QED) is 0.776. The minimum Gasteiger partial charge on any atom is -0.495 e. The molecule has 4 heteroatoms. The fourth-order valence-electron chi connectivity index (χ4n) is 1.13. The van der Waals surface area contributed by atoms with Crippen LogP contribution in [-0.4, -0.2) is 18.8 Å². The highest BCUT2D eigenvalue weighted by molar-refractivity contribution is 6.32. The normalized spacial score (nSPS) is 12.6. The number of aliphatic hydroxyl groups excluding tert-OH is 1. The van der Waals surface area contributed by atoms with Gasteiger partial charge in [0.1, 0.15) is 5.75 Å². The molecule has 0 saturated carbocycles. The Kier molecular flexibility index (Phi) is 3.54. The van der Waals surface area contributed by atoms with E-state index in [2.05, 4.69) is 0 Å². The summed E-state index contributed by atoms with van der Waals surface area (Å²) >= 11 is 5.85. The van der Waals surface area contributed by atoms with Crippen molar-refractivity contribution in [1.82, 2.24) is 0 Å². The van der Waals surface area contributed by atoms with Crippen molar-refractivity contribution in [3.05, 3.63) is 28.8 Å². The Hall–Kier alpha value is -0.770. The summed E-state index contributed by atoms with van der Waals surface area (Å²) < 4.78 is 5.05. The highest BCUT2D eigenvalue weighted by atomic mass is 35.5. The Bertz CT molecular complexity index is 291. The number of hydrogen-bond acceptors (Lipinski definition) is 3. The van der Waals surface area contributed by atoms with Crippen molar-refractivity contribution in [3.8, 4) is 5.75 Å². The van der Waals surface area contributed by atoms with E-state index in [0.29, 0.717) is 16.3 Å². The van der Waals surface area contributed by atoms with E-state index < -0.39 is 6.10 Å². The fraction of sp³-hybridized carbons (Fsp3) is 0.333. The van der Waals surface area contributed by atoms with Crippen LogP contribution in [0.4, 0.5) is 0 Å². The standard InChI is InChI=1S/C9H12ClNO2/c1-13-9-6(8(12)5-11)3-2-4-7(9)10/h2-4,8,12H,5,11H2,1H3. The van der Waals surface area contributed by atoms with E-state index in [-0.39, 0.29) is 6.54 Å². The average molecular weight is 202 g/mol. The van der Waals surface area contributed by atoms with Crippen LogP contribution in [0.1, 0.15) is 11.7 Å². The van der Waals surface area contributed by atoms with Crippen LogP contribution < -0.4 is 10.5 Å². The number of aliphatic hydroxyl groups is 1. The lowest BCUT2D eigenvalue weighted by Crippen LogP contribution is -2.12. The molecular formula is C9H12ClNO2. The SMILES string of the molecule is COc1c(Cl)cccc1C(O)CN. The maximum atomic E-state index is 9.50. The minimum atomic E-state index is -0.728. The number of nitrogens with two attached hydrogens (primary N) is 1. The molecule has 1 aromatic rings. The highest BCUT2D eigenvalue weighted by Crippen LogP contribution is 2.31. The first kappa shape index (κ1) is 10.3. The third-order valence-electron chi connectivity index (χ3n) is 1.78. The van der Waals surface area contributed by atoms with E-state index in [1.807, 2.05) is 0 Å². The first-order valence-electron chi connectivity index (χ1n) is 3.91. The summed E-state index contributed by atoms with van der Waals surface area (Å²) in [5, 5.41) is 9.98. The summed E-state index contributed by atoms with van der Waals surface area (Å²) in [5.41, 5.74) is 5.95. The first-order chi connectivity index (χ1) is 6.20. The molecule has 0 aliphatic rings. The van der Waals surface area contributed by atoms with Crippen LogP contribution >= 0.6 is 11.6 Å². The number of halogens is 1. The maximum absolute atomic E-state index is 9.50. The zero-order valence-corrected chi connectivity index (χ0v) is 8.08. The minimum absolute atomic E-state index is 0.150. The Morgan fingerprint density at radius 2 is 2.31 bits per heavy atom. The second-order valence-electron chi connectivity index (χ2n) is 2.61. The number of rotatable bonds is 3. The first-order valence-corrected chi connectivity index (χ1v) is 4.29. The third kappa shape index (κ3) is 2.12. The third-order valence-corrected chi connectivity index (χ3v) is 2.08. The van der Waals surface area contributed by atoms with Gasteiger partial charge < -0.3 is 15.6 Å². The molecule has 72 valence electrons. The van der Waals surface area contributed by atoms with Crippen LogP contribution in [0.25, 0.3) is 0 Å². The monoisotopic (exact) mass is 201 g/mol. The van der Waals surface area contributed by atoms with Gasteiger partial charge in [-0.2, -0.15) is 0 Å². The Morgan fingerprint density at radius 1 is 1.62 bits per heavy atom. The summed E-state index contributed by atoms with van der Waals surface area (Å²) in [5.74, 6) is 0.488. The van der Waals surface area contributed by atoms with Gasteiger partial charge in [-0.25, -0.2) is 0 Å². The number of methoxy groups -OCH3 is 1.